The predicted octanol–water partition coefficient (Wildman–Crippen LogP) is 5.33. The van der Waals surface area contributed by atoms with Crippen LogP contribution in [-0.4, -0.2) is 35.9 Å². The molecule has 34 heavy (non-hydrogen) atoms. The van der Waals surface area contributed by atoms with Crippen LogP contribution in [0.4, 0.5) is 4.79 Å². The number of hydrogen-bond donors (Lipinski definition) is 1. The molecule has 1 saturated carbocycles. The Morgan fingerprint density at radius 3 is 2.50 bits per heavy atom. The fourth-order valence-corrected chi connectivity index (χ4v) is 4.84. The van der Waals surface area contributed by atoms with E-state index < -0.39 is 17.8 Å². The van der Waals surface area contributed by atoms with E-state index in [1.807, 2.05) is 24.3 Å². The van der Waals surface area contributed by atoms with Crippen molar-refractivity contribution in [1.82, 2.24) is 10.2 Å². The molecule has 2 fully saturated rings. The lowest BCUT2D eigenvalue weighted by atomic mass is 9.93. The predicted molar refractivity (Wildman–Crippen MR) is 137 cm³/mol. The third kappa shape index (κ3) is 5.38. The molecule has 1 aliphatic carbocycles. The Kier molecular flexibility index (Phi) is 7.77. The van der Waals surface area contributed by atoms with Crippen LogP contribution >= 0.6 is 34.2 Å². The standard InChI is InChI=1S/C25H24ClIN2O5/c1-33-21-13-16(12-20(26)22(21)34-14-15-7-9-17(27)10-8-15)11-19-23(30)28-25(32)29(24(19)31)18-5-3-2-4-6-18/h7-13,18H,2-6,14H2,1H3,(H,28,30,32). The van der Waals surface area contributed by atoms with Gasteiger partial charge < -0.3 is 9.47 Å². The molecule has 0 radical (unpaired) electrons. The molecule has 1 heterocycles. The summed E-state index contributed by atoms with van der Waals surface area (Å²) in [6.45, 7) is 0.298. The van der Waals surface area contributed by atoms with E-state index in [4.69, 9.17) is 21.1 Å². The van der Waals surface area contributed by atoms with Gasteiger partial charge in [-0.05, 0) is 76.9 Å². The maximum atomic E-state index is 13.1. The van der Waals surface area contributed by atoms with E-state index in [-0.39, 0.29) is 16.6 Å². The maximum absolute atomic E-state index is 13.1. The lowest BCUT2D eigenvalue weighted by Gasteiger charge is -2.35. The molecule has 1 saturated heterocycles. The second-order valence-electron chi connectivity index (χ2n) is 8.23. The van der Waals surface area contributed by atoms with Gasteiger partial charge in [0, 0.05) is 9.61 Å². The molecule has 0 spiro atoms. The van der Waals surface area contributed by atoms with Crippen molar-refractivity contribution in [2.75, 3.05) is 7.11 Å². The summed E-state index contributed by atoms with van der Waals surface area (Å²) in [5.74, 6) is -0.581. The molecule has 7 nitrogen and oxygen atoms in total. The van der Waals surface area contributed by atoms with Crippen LogP contribution in [0.2, 0.25) is 5.02 Å². The molecule has 4 rings (SSSR count). The normalized spacial score (nSPS) is 18.3. The Bertz CT molecular complexity index is 1140. The molecule has 4 amide bonds. The first kappa shape index (κ1) is 24.5. The third-order valence-corrected chi connectivity index (χ3v) is 6.93. The van der Waals surface area contributed by atoms with E-state index in [2.05, 4.69) is 27.9 Å². The number of barbiturate groups is 1. The zero-order valence-electron chi connectivity index (χ0n) is 18.6. The highest BCUT2D eigenvalue weighted by Gasteiger charge is 2.40. The zero-order chi connectivity index (χ0) is 24.2. The van der Waals surface area contributed by atoms with Crippen LogP contribution in [0, 0.1) is 3.57 Å². The van der Waals surface area contributed by atoms with Gasteiger partial charge in [-0.25, -0.2) is 4.79 Å². The highest BCUT2D eigenvalue weighted by molar-refractivity contribution is 14.1. The SMILES string of the molecule is COc1cc(C=C2C(=O)NC(=O)N(C3CCCCC3)C2=O)cc(Cl)c1OCc1ccc(I)cc1. The summed E-state index contributed by atoms with van der Waals surface area (Å²) in [6, 6.07) is 10.3. The molecule has 2 aliphatic rings. The van der Waals surface area contributed by atoms with Crippen molar-refractivity contribution in [2.24, 2.45) is 0 Å². The van der Waals surface area contributed by atoms with Crippen molar-refractivity contribution in [3.05, 3.63) is 61.7 Å². The Morgan fingerprint density at radius 2 is 1.82 bits per heavy atom. The van der Waals surface area contributed by atoms with Gasteiger partial charge in [-0.15, -0.1) is 0 Å². The van der Waals surface area contributed by atoms with E-state index in [0.29, 0.717) is 23.7 Å². The van der Waals surface area contributed by atoms with E-state index in [9.17, 15) is 14.4 Å². The first-order chi connectivity index (χ1) is 16.4. The quantitative estimate of drug-likeness (QED) is 0.278. The van der Waals surface area contributed by atoms with Gasteiger partial charge in [0.05, 0.1) is 12.1 Å². The number of urea groups is 1. The summed E-state index contributed by atoms with van der Waals surface area (Å²) in [5, 5.41) is 2.57. The fourth-order valence-electron chi connectivity index (χ4n) is 4.21. The Labute approximate surface area is 216 Å². The van der Waals surface area contributed by atoms with Crippen LogP contribution in [0.5, 0.6) is 11.5 Å². The Balaban J connectivity index is 1.59. The minimum Gasteiger partial charge on any atom is -0.493 e. The molecule has 0 atom stereocenters. The number of carbonyl (C=O) groups excluding carboxylic acids is 3. The summed E-state index contributed by atoms with van der Waals surface area (Å²) < 4.78 is 12.5. The van der Waals surface area contributed by atoms with Gasteiger partial charge in [0.25, 0.3) is 11.8 Å². The molecule has 1 aliphatic heterocycles. The van der Waals surface area contributed by atoms with Gasteiger partial charge in [-0.3, -0.25) is 19.8 Å². The Hall–Kier alpha value is -2.59. The van der Waals surface area contributed by atoms with Gasteiger partial charge in [-0.2, -0.15) is 0 Å². The number of amides is 4. The highest BCUT2D eigenvalue weighted by Crippen LogP contribution is 2.38. The van der Waals surface area contributed by atoms with E-state index in [0.717, 1.165) is 41.2 Å². The van der Waals surface area contributed by atoms with Crippen LogP contribution in [0.1, 0.15) is 43.2 Å². The van der Waals surface area contributed by atoms with Crippen molar-refractivity contribution in [1.29, 1.82) is 0 Å². The second kappa shape index (κ2) is 10.8. The number of rotatable bonds is 6. The lowest BCUT2D eigenvalue weighted by Crippen LogP contribution is -2.58. The van der Waals surface area contributed by atoms with Gasteiger partial charge in [0.1, 0.15) is 12.2 Å². The molecule has 1 N–H and O–H groups in total. The van der Waals surface area contributed by atoms with Gasteiger partial charge in [0.15, 0.2) is 11.5 Å². The summed E-state index contributed by atoms with van der Waals surface area (Å²) in [4.78, 5) is 39.2. The topological polar surface area (TPSA) is 84.9 Å². The van der Waals surface area contributed by atoms with Crippen molar-refractivity contribution in [3.8, 4) is 11.5 Å². The number of ether oxygens (including phenoxy) is 2. The van der Waals surface area contributed by atoms with Crippen LogP contribution < -0.4 is 14.8 Å². The monoisotopic (exact) mass is 594 g/mol. The summed E-state index contributed by atoms with van der Waals surface area (Å²) in [7, 11) is 1.49. The minimum atomic E-state index is -0.726. The summed E-state index contributed by atoms with van der Waals surface area (Å²) in [5.41, 5.74) is 1.34. The molecule has 0 bridgehead atoms. The lowest BCUT2D eigenvalue weighted by molar-refractivity contribution is -0.132. The third-order valence-electron chi connectivity index (χ3n) is 5.93. The molecular formula is C25H24ClIN2O5. The number of imide groups is 2. The Morgan fingerprint density at radius 1 is 1.12 bits per heavy atom. The van der Waals surface area contributed by atoms with Crippen molar-refractivity contribution in [2.45, 2.75) is 44.8 Å². The maximum Gasteiger partial charge on any atom is 0.331 e. The van der Waals surface area contributed by atoms with Gasteiger partial charge in [-0.1, -0.05) is 43.0 Å². The smallest absolute Gasteiger partial charge is 0.331 e. The second-order valence-corrected chi connectivity index (χ2v) is 9.89. The van der Waals surface area contributed by atoms with Crippen LogP contribution in [-0.2, 0) is 16.2 Å². The van der Waals surface area contributed by atoms with E-state index >= 15 is 0 Å². The van der Waals surface area contributed by atoms with Crippen molar-refractivity contribution < 1.29 is 23.9 Å². The molecule has 9 heteroatoms. The average Bonchev–Trinajstić information content (AvgIpc) is 2.82. The molecule has 2 aromatic carbocycles. The van der Waals surface area contributed by atoms with E-state index in [1.54, 1.807) is 12.1 Å². The highest BCUT2D eigenvalue weighted by atomic mass is 127. The molecule has 0 aromatic heterocycles. The van der Waals surface area contributed by atoms with Crippen LogP contribution in [0.25, 0.3) is 6.08 Å². The van der Waals surface area contributed by atoms with Crippen molar-refractivity contribution >= 4 is 58.1 Å². The van der Waals surface area contributed by atoms with Crippen LogP contribution in [0.3, 0.4) is 0 Å². The minimum absolute atomic E-state index is 0.115. The number of carbonyl (C=O) groups is 3. The first-order valence-electron chi connectivity index (χ1n) is 11.0. The number of hydrogen-bond acceptors (Lipinski definition) is 5. The summed E-state index contributed by atoms with van der Waals surface area (Å²) in [6.07, 6.45) is 5.89. The van der Waals surface area contributed by atoms with Crippen molar-refractivity contribution in [3.63, 3.8) is 0 Å². The van der Waals surface area contributed by atoms with E-state index in [1.165, 1.54) is 18.1 Å². The average molecular weight is 595 g/mol. The largest absolute Gasteiger partial charge is 0.493 e. The number of methoxy groups -OCH3 is 1. The molecular weight excluding hydrogens is 571 g/mol. The number of benzene rings is 2. The number of nitrogens with one attached hydrogen (secondary N) is 1. The zero-order valence-corrected chi connectivity index (χ0v) is 21.5. The van der Waals surface area contributed by atoms with Gasteiger partial charge >= 0.3 is 6.03 Å². The number of halogens is 2. The summed E-state index contributed by atoms with van der Waals surface area (Å²) >= 11 is 8.72. The number of nitrogens with zero attached hydrogens (tertiary/aromatic N) is 1. The van der Waals surface area contributed by atoms with Crippen LogP contribution in [0.15, 0.2) is 42.0 Å². The molecule has 178 valence electrons. The first-order valence-corrected chi connectivity index (χ1v) is 12.5. The molecule has 2 aromatic rings. The fraction of sp³-hybridized carbons (Fsp3) is 0.320. The van der Waals surface area contributed by atoms with Gasteiger partial charge in [0.2, 0.25) is 0 Å². The molecule has 0 unspecified atom stereocenters.